The number of ether oxygens (including phenoxy) is 2. The van der Waals surface area contributed by atoms with E-state index < -0.39 is 12.4 Å². The minimum Gasteiger partial charge on any atom is -0.428 e. The lowest BCUT2D eigenvalue weighted by Crippen LogP contribution is -2.22. The summed E-state index contributed by atoms with van der Waals surface area (Å²) in [6, 6.07) is 0. The third-order valence-electron chi connectivity index (χ3n) is 1.52. The molecule has 70 valence electrons. The molecule has 0 bridgehead atoms. The first-order valence-electron chi connectivity index (χ1n) is 3.56. The fourth-order valence-corrected chi connectivity index (χ4v) is 1.64. The monoisotopic (exact) mass is 202 g/mol. The van der Waals surface area contributed by atoms with Crippen LogP contribution >= 0.6 is 11.3 Å². The third-order valence-corrected chi connectivity index (χ3v) is 2.26. The highest BCUT2D eigenvalue weighted by molar-refractivity contribution is 7.08. The molecule has 7 heteroatoms. The molecule has 2 heterocycles. The molecule has 0 aromatic carbocycles. The highest BCUT2D eigenvalue weighted by Crippen LogP contribution is 2.15. The van der Waals surface area contributed by atoms with E-state index in [4.69, 9.17) is 0 Å². The number of carbonyl (C=O) groups excluding carboxylic acids is 1. The Labute approximate surface area is 76.7 Å². The zero-order chi connectivity index (χ0) is 9.42. The lowest BCUT2D eigenvalue weighted by Gasteiger charge is -2.02. The molecule has 0 spiro atoms. The number of rotatable bonds is 1. The van der Waals surface area contributed by atoms with E-state index >= 15 is 0 Å². The van der Waals surface area contributed by atoms with Crippen LogP contribution in [0.4, 0.5) is 4.79 Å². The summed E-state index contributed by atoms with van der Waals surface area (Å²) < 4.78 is 10.3. The SMILES string of the molecule is Cc1nn(C2COC(=O)O2)c(=O)s1. The number of cyclic esters (lactones) is 2. The lowest BCUT2D eigenvalue weighted by molar-refractivity contribution is 0.0874. The molecule has 0 amide bonds. The first kappa shape index (κ1) is 8.24. The standard InChI is InChI=1S/C6H6N2O4S/c1-3-7-8(5(9)13-3)4-2-11-6(10)12-4/h4H,2H2,1H3. The Hall–Kier alpha value is -1.37. The molecule has 1 saturated heterocycles. The molecule has 1 fully saturated rings. The third kappa shape index (κ3) is 1.42. The number of nitrogens with zero attached hydrogens (tertiary/aromatic N) is 2. The minimum atomic E-state index is -0.762. The van der Waals surface area contributed by atoms with E-state index in [2.05, 4.69) is 14.6 Å². The van der Waals surface area contributed by atoms with Crippen LogP contribution < -0.4 is 4.87 Å². The Balaban J connectivity index is 2.30. The maximum Gasteiger partial charge on any atom is 0.510 e. The van der Waals surface area contributed by atoms with Gasteiger partial charge in [-0.3, -0.25) is 4.79 Å². The van der Waals surface area contributed by atoms with E-state index in [1.165, 1.54) is 0 Å². The van der Waals surface area contributed by atoms with Crippen molar-refractivity contribution in [3.05, 3.63) is 14.7 Å². The molecule has 1 aromatic heterocycles. The highest BCUT2D eigenvalue weighted by atomic mass is 32.1. The van der Waals surface area contributed by atoms with Crippen molar-refractivity contribution in [2.24, 2.45) is 0 Å². The molecule has 1 aliphatic heterocycles. The maximum atomic E-state index is 11.2. The summed E-state index contributed by atoms with van der Waals surface area (Å²) in [4.78, 5) is 21.5. The molecule has 13 heavy (non-hydrogen) atoms. The van der Waals surface area contributed by atoms with Crippen LogP contribution in [0.5, 0.6) is 0 Å². The topological polar surface area (TPSA) is 70.4 Å². The van der Waals surface area contributed by atoms with Crippen molar-refractivity contribution >= 4 is 17.5 Å². The first-order chi connectivity index (χ1) is 6.16. The smallest absolute Gasteiger partial charge is 0.428 e. The Morgan fingerprint density at radius 3 is 2.85 bits per heavy atom. The molecule has 1 aliphatic rings. The lowest BCUT2D eigenvalue weighted by atomic mass is 10.6. The van der Waals surface area contributed by atoms with E-state index in [1.807, 2.05) is 0 Å². The average molecular weight is 202 g/mol. The molecule has 0 aliphatic carbocycles. The molecule has 1 unspecified atom stereocenters. The summed E-state index contributed by atoms with van der Waals surface area (Å²) >= 11 is 1.01. The van der Waals surface area contributed by atoms with Crippen molar-refractivity contribution in [3.8, 4) is 0 Å². The van der Waals surface area contributed by atoms with Gasteiger partial charge in [0.15, 0.2) is 6.61 Å². The summed E-state index contributed by atoms with van der Waals surface area (Å²) in [7, 11) is 0. The molecule has 1 aromatic rings. The summed E-state index contributed by atoms with van der Waals surface area (Å²) in [5.74, 6) is 0. The van der Waals surface area contributed by atoms with Crippen LogP contribution in [0.3, 0.4) is 0 Å². The summed E-state index contributed by atoms with van der Waals surface area (Å²) in [5, 5.41) is 4.52. The van der Waals surface area contributed by atoms with Crippen LogP contribution in [0.15, 0.2) is 4.79 Å². The molecule has 0 radical (unpaired) electrons. The average Bonchev–Trinajstić information content (AvgIpc) is 2.58. The van der Waals surface area contributed by atoms with E-state index in [0.717, 1.165) is 16.0 Å². The minimum absolute atomic E-state index is 0.0436. The quantitative estimate of drug-likeness (QED) is 0.611. The van der Waals surface area contributed by atoms with Gasteiger partial charge in [0.05, 0.1) is 0 Å². The predicted molar refractivity (Wildman–Crippen MR) is 42.6 cm³/mol. The van der Waals surface area contributed by atoms with Crippen LogP contribution in [0, 0.1) is 6.92 Å². The van der Waals surface area contributed by atoms with E-state index in [0.29, 0.717) is 5.01 Å². The van der Waals surface area contributed by atoms with Gasteiger partial charge in [0.1, 0.15) is 5.01 Å². The van der Waals surface area contributed by atoms with Crippen LogP contribution in [-0.2, 0) is 9.47 Å². The number of carbonyl (C=O) groups is 1. The van der Waals surface area contributed by atoms with Crippen molar-refractivity contribution in [1.82, 2.24) is 9.78 Å². The van der Waals surface area contributed by atoms with Gasteiger partial charge in [-0.2, -0.15) is 9.78 Å². The molecule has 1 atom stereocenters. The van der Waals surface area contributed by atoms with Crippen molar-refractivity contribution in [3.63, 3.8) is 0 Å². The number of aryl methyl sites for hydroxylation is 1. The predicted octanol–water partition coefficient (Wildman–Crippen LogP) is 0.279. The van der Waals surface area contributed by atoms with Crippen LogP contribution in [-0.4, -0.2) is 22.5 Å². The van der Waals surface area contributed by atoms with Crippen LogP contribution in [0.1, 0.15) is 11.2 Å². The number of hydrogen-bond donors (Lipinski definition) is 0. The largest absolute Gasteiger partial charge is 0.510 e. The molecule has 0 N–H and O–H groups in total. The van der Waals surface area contributed by atoms with E-state index in [-0.39, 0.29) is 11.5 Å². The van der Waals surface area contributed by atoms with Gasteiger partial charge < -0.3 is 9.47 Å². The van der Waals surface area contributed by atoms with Crippen LogP contribution in [0.2, 0.25) is 0 Å². The van der Waals surface area contributed by atoms with Crippen LogP contribution in [0.25, 0.3) is 0 Å². The van der Waals surface area contributed by atoms with Crippen molar-refractivity contribution in [2.75, 3.05) is 6.61 Å². The van der Waals surface area contributed by atoms with Crippen molar-refractivity contribution < 1.29 is 14.3 Å². The van der Waals surface area contributed by atoms with Gasteiger partial charge in [-0.1, -0.05) is 11.3 Å². The Morgan fingerprint density at radius 2 is 2.38 bits per heavy atom. The Kier molecular flexibility index (Phi) is 1.80. The second kappa shape index (κ2) is 2.84. The molecular formula is C6H6N2O4S. The van der Waals surface area contributed by atoms with Gasteiger partial charge in [0.2, 0.25) is 6.23 Å². The second-order valence-electron chi connectivity index (χ2n) is 2.47. The van der Waals surface area contributed by atoms with E-state index in [1.54, 1.807) is 6.92 Å². The maximum absolute atomic E-state index is 11.2. The van der Waals surface area contributed by atoms with Gasteiger partial charge >= 0.3 is 11.0 Å². The summed E-state index contributed by atoms with van der Waals surface area (Å²) in [5.41, 5.74) is 0. The summed E-state index contributed by atoms with van der Waals surface area (Å²) in [6.45, 7) is 1.75. The first-order valence-corrected chi connectivity index (χ1v) is 4.38. The van der Waals surface area contributed by atoms with Crippen molar-refractivity contribution in [2.45, 2.75) is 13.2 Å². The molecule has 0 saturated carbocycles. The number of aromatic nitrogens is 2. The Morgan fingerprint density at radius 1 is 1.62 bits per heavy atom. The van der Waals surface area contributed by atoms with Gasteiger partial charge in [-0.05, 0) is 6.92 Å². The van der Waals surface area contributed by atoms with Gasteiger partial charge in [-0.25, -0.2) is 4.79 Å². The fourth-order valence-electron chi connectivity index (χ4n) is 1.01. The number of hydrogen-bond acceptors (Lipinski definition) is 6. The van der Waals surface area contributed by atoms with Gasteiger partial charge in [0.25, 0.3) is 0 Å². The van der Waals surface area contributed by atoms with E-state index in [9.17, 15) is 9.59 Å². The second-order valence-corrected chi connectivity index (χ2v) is 3.61. The molecule has 6 nitrogen and oxygen atoms in total. The normalized spacial score (nSPS) is 21.3. The Bertz CT molecular complexity index is 396. The van der Waals surface area contributed by atoms with Gasteiger partial charge in [0, 0.05) is 0 Å². The van der Waals surface area contributed by atoms with Crippen molar-refractivity contribution in [1.29, 1.82) is 0 Å². The zero-order valence-corrected chi connectivity index (χ0v) is 7.54. The highest BCUT2D eigenvalue weighted by Gasteiger charge is 2.28. The molecular weight excluding hydrogens is 196 g/mol. The zero-order valence-electron chi connectivity index (χ0n) is 6.72. The fraction of sp³-hybridized carbons (Fsp3) is 0.500. The molecule has 2 rings (SSSR count). The summed E-state index contributed by atoms with van der Waals surface area (Å²) in [6.07, 6.45) is -1.47. The van der Waals surface area contributed by atoms with Gasteiger partial charge in [-0.15, -0.1) is 0 Å².